The second kappa shape index (κ2) is 5.47. The molecule has 1 heterocycles. The summed E-state index contributed by atoms with van der Waals surface area (Å²) in [5, 5.41) is 3.75. The molecule has 5 heteroatoms. The minimum Gasteiger partial charge on any atom is -0.348 e. The molecule has 1 atom stereocenters. The lowest BCUT2D eigenvalue weighted by Gasteiger charge is -2.15. The minimum atomic E-state index is 0.117. The van der Waals surface area contributed by atoms with Crippen LogP contribution < -0.4 is 5.32 Å². The van der Waals surface area contributed by atoms with Crippen LogP contribution in [0.1, 0.15) is 18.5 Å². The Morgan fingerprint density at radius 3 is 2.53 bits per heavy atom. The highest BCUT2D eigenvalue weighted by molar-refractivity contribution is 9.10. The summed E-state index contributed by atoms with van der Waals surface area (Å²) in [5.41, 5.74) is 1.16. The lowest BCUT2D eigenvalue weighted by molar-refractivity contribution is 0.855. The van der Waals surface area contributed by atoms with Crippen LogP contribution in [0.5, 0.6) is 0 Å². The van der Waals surface area contributed by atoms with Crippen LogP contribution >= 0.6 is 27.5 Å². The maximum absolute atomic E-state index is 5.73. The first-order chi connectivity index (χ1) is 8.16. The molecule has 0 unspecified atom stereocenters. The van der Waals surface area contributed by atoms with Gasteiger partial charge in [0.15, 0.2) is 0 Å². The average Bonchev–Trinajstić information content (AvgIpc) is 2.32. The number of aromatic nitrogens is 2. The van der Waals surface area contributed by atoms with E-state index in [9.17, 15) is 0 Å². The van der Waals surface area contributed by atoms with Crippen molar-refractivity contribution in [2.45, 2.75) is 13.0 Å². The smallest absolute Gasteiger partial charge is 0.223 e. The summed E-state index contributed by atoms with van der Waals surface area (Å²) >= 11 is 9.25. The Morgan fingerprint density at radius 1 is 1.24 bits per heavy atom. The van der Waals surface area contributed by atoms with E-state index in [2.05, 4.69) is 44.2 Å². The molecule has 0 aliphatic carbocycles. The van der Waals surface area contributed by atoms with Crippen LogP contribution in [0, 0.1) is 0 Å². The van der Waals surface area contributed by atoms with E-state index in [0.29, 0.717) is 11.0 Å². The van der Waals surface area contributed by atoms with E-state index in [4.69, 9.17) is 11.6 Å². The van der Waals surface area contributed by atoms with Gasteiger partial charge in [0, 0.05) is 4.47 Å². The van der Waals surface area contributed by atoms with Gasteiger partial charge in [0.25, 0.3) is 0 Å². The highest BCUT2D eigenvalue weighted by Crippen LogP contribution is 2.24. The van der Waals surface area contributed by atoms with Crippen LogP contribution in [-0.4, -0.2) is 9.97 Å². The monoisotopic (exact) mass is 311 g/mol. The molecule has 0 saturated carbocycles. The largest absolute Gasteiger partial charge is 0.348 e. The van der Waals surface area contributed by atoms with Crippen molar-refractivity contribution in [3.05, 3.63) is 51.7 Å². The van der Waals surface area contributed by atoms with E-state index < -0.39 is 0 Å². The molecule has 88 valence electrons. The minimum absolute atomic E-state index is 0.117. The quantitative estimate of drug-likeness (QED) is 0.928. The van der Waals surface area contributed by atoms with Crippen LogP contribution in [0.15, 0.2) is 41.1 Å². The van der Waals surface area contributed by atoms with Crippen LogP contribution in [0.3, 0.4) is 0 Å². The number of halogens is 2. The van der Waals surface area contributed by atoms with Gasteiger partial charge < -0.3 is 5.32 Å². The van der Waals surface area contributed by atoms with Crippen molar-refractivity contribution in [2.75, 3.05) is 5.32 Å². The molecule has 17 heavy (non-hydrogen) atoms. The molecule has 0 aliphatic rings. The van der Waals surface area contributed by atoms with Crippen LogP contribution in [-0.2, 0) is 0 Å². The van der Waals surface area contributed by atoms with Gasteiger partial charge in [-0.05, 0) is 18.6 Å². The van der Waals surface area contributed by atoms with Crippen molar-refractivity contribution in [1.82, 2.24) is 9.97 Å². The van der Waals surface area contributed by atoms with Crippen LogP contribution in [0.4, 0.5) is 5.95 Å². The van der Waals surface area contributed by atoms with E-state index in [-0.39, 0.29) is 6.04 Å². The molecule has 2 rings (SSSR count). The third kappa shape index (κ3) is 3.17. The Labute approximate surface area is 113 Å². The van der Waals surface area contributed by atoms with Gasteiger partial charge in [0.2, 0.25) is 5.95 Å². The first-order valence-electron chi connectivity index (χ1n) is 5.15. The molecule has 0 amide bonds. The van der Waals surface area contributed by atoms with Crippen LogP contribution in [0.2, 0.25) is 5.02 Å². The molecule has 1 aromatic carbocycles. The molecule has 1 N–H and O–H groups in total. The third-order valence-electron chi connectivity index (χ3n) is 2.34. The zero-order valence-electron chi connectivity index (χ0n) is 9.19. The summed E-state index contributed by atoms with van der Waals surface area (Å²) in [5.74, 6) is 0.567. The van der Waals surface area contributed by atoms with Gasteiger partial charge in [-0.15, -0.1) is 0 Å². The normalized spacial score (nSPS) is 12.2. The first-order valence-corrected chi connectivity index (χ1v) is 6.32. The second-order valence-electron chi connectivity index (χ2n) is 3.61. The topological polar surface area (TPSA) is 37.8 Å². The molecule has 0 spiro atoms. The van der Waals surface area contributed by atoms with Gasteiger partial charge in [0.05, 0.1) is 23.5 Å². The fraction of sp³-hybridized carbons (Fsp3) is 0.167. The predicted octanol–water partition coefficient (Wildman–Crippen LogP) is 4.07. The zero-order chi connectivity index (χ0) is 12.3. The molecule has 0 fully saturated rings. The summed E-state index contributed by atoms with van der Waals surface area (Å²) in [6.07, 6.45) is 3.15. The van der Waals surface area contributed by atoms with Gasteiger partial charge in [-0.25, -0.2) is 9.97 Å². The van der Waals surface area contributed by atoms with Crippen LogP contribution in [0.25, 0.3) is 0 Å². The fourth-order valence-electron chi connectivity index (χ4n) is 1.48. The van der Waals surface area contributed by atoms with Gasteiger partial charge >= 0.3 is 0 Å². The van der Waals surface area contributed by atoms with E-state index in [0.717, 1.165) is 10.0 Å². The van der Waals surface area contributed by atoms with Crippen molar-refractivity contribution < 1.29 is 0 Å². The maximum Gasteiger partial charge on any atom is 0.223 e. The number of benzene rings is 1. The number of nitrogens with one attached hydrogen (secondary N) is 1. The zero-order valence-corrected chi connectivity index (χ0v) is 11.5. The highest BCUT2D eigenvalue weighted by Gasteiger charge is 2.09. The van der Waals surface area contributed by atoms with E-state index in [1.807, 2.05) is 18.2 Å². The molecule has 1 aromatic heterocycles. The maximum atomic E-state index is 5.73. The molecular formula is C12H11BrClN3. The van der Waals surface area contributed by atoms with E-state index in [1.165, 1.54) is 0 Å². The van der Waals surface area contributed by atoms with Crippen molar-refractivity contribution >= 4 is 33.5 Å². The Balaban J connectivity index is 2.14. The van der Waals surface area contributed by atoms with E-state index in [1.54, 1.807) is 12.4 Å². The number of anilines is 1. The van der Waals surface area contributed by atoms with E-state index >= 15 is 0 Å². The molecule has 0 saturated heterocycles. The molecule has 0 radical (unpaired) electrons. The van der Waals surface area contributed by atoms with Crippen molar-refractivity contribution in [3.63, 3.8) is 0 Å². The molecular weight excluding hydrogens is 302 g/mol. The summed E-state index contributed by atoms with van der Waals surface area (Å²) < 4.78 is 1.06. The number of hydrogen-bond donors (Lipinski definition) is 1. The fourth-order valence-corrected chi connectivity index (χ4v) is 2.21. The lowest BCUT2D eigenvalue weighted by Crippen LogP contribution is -2.09. The van der Waals surface area contributed by atoms with Gasteiger partial charge in [-0.1, -0.05) is 45.7 Å². The summed E-state index contributed by atoms with van der Waals surface area (Å²) in [6.45, 7) is 2.05. The Morgan fingerprint density at radius 2 is 1.88 bits per heavy atom. The Kier molecular flexibility index (Phi) is 3.97. The second-order valence-corrected chi connectivity index (χ2v) is 4.90. The van der Waals surface area contributed by atoms with Crippen molar-refractivity contribution in [3.8, 4) is 0 Å². The Bertz CT molecular complexity index is 501. The summed E-state index contributed by atoms with van der Waals surface area (Å²) in [6, 6.07) is 8.17. The summed E-state index contributed by atoms with van der Waals surface area (Å²) in [4.78, 5) is 8.21. The molecule has 2 aromatic rings. The third-order valence-corrected chi connectivity index (χ3v) is 3.26. The standard InChI is InChI=1S/C12H11BrClN3/c1-8(10-4-2-3-5-11(10)13)17-12-15-6-9(14)7-16-12/h2-8H,1H3,(H,15,16,17)/t8-/m0/s1. The molecule has 0 bridgehead atoms. The van der Waals surface area contributed by atoms with Gasteiger partial charge in [-0.2, -0.15) is 0 Å². The first kappa shape index (κ1) is 12.3. The predicted molar refractivity (Wildman–Crippen MR) is 73.2 cm³/mol. The number of nitrogens with zero attached hydrogens (tertiary/aromatic N) is 2. The molecule has 3 nitrogen and oxygen atoms in total. The number of rotatable bonds is 3. The SMILES string of the molecule is C[C@H](Nc1ncc(Cl)cn1)c1ccccc1Br. The molecule has 0 aliphatic heterocycles. The van der Waals surface area contributed by atoms with Gasteiger partial charge in [-0.3, -0.25) is 0 Å². The average molecular weight is 313 g/mol. The Hall–Kier alpha value is -1.13. The number of hydrogen-bond acceptors (Lipinski definition) is 3. The lowest BCUT2D eigenvalue weighted by atomic mass is 10.1. The van der Waals surface area contributed by atoms with Crippen molar-refractivity contribution in [1.29, 1.82) is 0 Å². The summed E-state index contributed by atoms with van der Waals surface area (Å²) in [7, 11) is 0. The van der Waals surface area contributed by atoms with Crippen molar-refractivity contribution in [2.24, 2.45) is 0 Å². The van der Waals surface area contributed by atoms with Gasteiger partial charge in [0.1, 0.15) is 0 Å². The highest BCUT2D eigenvalue weighted by atomic mass is 79.9.